The summed E-state index contributed by atoms with van der Waals surface area (Å²) in [6, 6.07) is 23.3. The maximum atomic E-state index is 12.9. The molecule has 2 N–H and O–H groups in total. The number of aliphatic hydroxyl groups is 1. The smallest absolute Gasteiger partial charge is 0.337 e. The first kappa shape index (κ1) is 27.6. The van der Waals surface area contributed by atoms with Crippen molar-refractivity contribution in [1.29, 1.82) is 0 Å². The molecule has 0 saturated heterocycles. The Morgan fingerprint density at radius 1 is 0.971 bits per heavy atom. The predicted molar refractivity (Wildman–Crippen MR) is 146 cm³/mol. The topological polar surface area (TPSA) is 91.7 Å². The molecule has 9 heteroatoms. The standard InChI is InChI=1S/C26H27ClO5S3/c1-19(34-16-20-5-3-2-4-6-20)15-33-17-26(30,25(28)29)18-35(31,32)24-13-9-22(10-14-24)21-7-11-23(27)12-8-21/h2-14,19,30H,15-18H2,1H3,(H,28,29). The van der Waals surface area contributed by atoms with E-state index >= 15 is 0 Å². The minimum atomic E-state index is -4.04. The van der Waals surface area contributed by atoms with Gasteiger partial charge in [0.15, 0.2) is 15.4 Å². The fourth-order valence-corrected chi connectivity index (χ4v) is 7.50. The van der Waals surface area contributed by atoms with Crippen LogP contribution in [0.2, 0.25) is 5.02 Å². The molecule has 3 aromatic carbocycles. The highest BCUT2D eigenvalue weighted by Crippen LogP contribution is 2.27. The normalized spacial score (nSPS) is 14.3. The molecule has 0 amide bonds. The van der Waals surface area contributed by atoms with Crippen molar-refractivity contribution in [3.8, 4) is 11.1 Å². The Morgan fingerprint density at radius 3 is 2.11 bits per heavy atom. The molecule has 0 aliphatic rings. The number of carboxylic acids is 1. The summed E-state index contributed by atoms with van der Waals surface area (Å²) >= 11 is 8.88. The minimum Gasteiger partial charge on any atom is -0.479 e. The molecule has 3 rings (SSSR count). The Kier molecular flexibility index (Phi) is 9.72. The number of carboxylic acid groups (broad SMARTS) is 1. The van der Waals surface area contributed by atoms with Crippen molar-refractivity contribution in [2.75, 3.05) is 17.3 Å². The molecule has 35 heavy (non-hydrogen) atoms. The zero-order valence-electron chi connectivity index (χ0n) is 19.1. The SMILES string of the molecule is CC(CSCC(O)(CS(=O)(=O)c1ccc(-c2ccc(Cl)cc2)cc1)C(=O)O)SCc1ccccc1. The lowest BCUT2D eigenvalue weighted by atomic mass is 10.1. The van der Waals surface area contributed by atoms with Crippen molar-refractivity contribution in [2.24, 2.45) is 0 Å². The number of sulfone groups is 1. The summed E-state index contributed by atoms with van der Waals surface area (Å²) in [5.41, 5.74) is 0.481. The highest BCUT2D eigenvalue weighted by atomic mass is 35.5. The first-order chi connectivity index (χ1) is 16.6. The molecule has 0 aromatic heterocycles. The van der Waals surface area contributed by atoms with Gasteiger partial charge in [-0.3, -0.25) is 0 Å². The molecule has 0 spiro atoms. The number of aliphatic carboxylic acids is 1. The maximum Gasteiger partial charge on any atom is 0.337 e. The Bertz CT molecular complexity index is 1220. The van der Waals surface area contributed by atoms with Crippen LogP contribution in [-0.2, 0) is 20.4 Å². The fraction of sp³-hybridized carbons (Fsp3) is 0.269. The Morgan fingerprint density at radius 2 is 1.54 bits per heavy atom. The number of hydrogen-bond acceptors (Lipinski definition) is 6. The van der Waals surface area contributed by atoms with E-state index in [2.05, 4.69) is 0 Å². The molecule has 3 aromatic rings. The maximum absolute atomic E-state index is 12.9. The van der Waals surface area contributed by atoms with Gasteiger partial charge in [-0.25, -0.2) is 13.2 Å². The van der Waals surface area contributed by atoms with Crippen molar-refractivity contribution < 1.29 is 23.4 Å². The van der Waals surface area contributed by atoms with E-state index in [4.69, 9.17) is 11.6 Å². The second-order valence-corrected chi connectivity index (χ2v) is 13.1. The molecule has 0 aliphatic carbocycles. The van der Waals surface area contributed by atoms with Gasteiger partial charge in [-0.2, -0.15) is 23.5 Å². The first-order valence-corrected chi connectivity index (χ1v) is 15.1. The van der Waals surface area contributed by atoms with Gasteiger partial charge in [0, 0.05) is 27.5 Å². The molecule has 0 bridgehead atoms. The zero-order valence-corrected chi connectivity index (χ0v) is 22.3. The second kappa shape index (κ2) is 12.3. The van der Waals surface area contributed by atoms with Crippen molar-refractivity contribution >= 4 is 50.9 Å². The van der Waals surface area contributed by atoms with Gasteiger partial charge in [0.2, 0.25) is 0 Å². The molecule has 2 unspecified atom stereocenters. The summed E-state index contributed by atoms with van der Waals surface area (Å²) < 4.78 is 25.9. The highest BCUT2D eigenvalue weighted by molar-refractivity contribution is 8.03. The van der Waals surface area contributed by atoms with Crippen LogP contribution in [0.25, 0.3) is 11.1 Å². The monoisotopic (exact) mass is 550 g/mol. The Hall–Kier alpha value is -1.97. The third-order valence-corrected chi connectivity index (χ3v) is 10.3. The molecule has 0 fully saturated rings. The number of halogens is 1. The summed E-state index contributed by atoms with van der Waals surface area (Å²) in [5.74, 6) is -1.25. The molecule has 5 nitrogen and oxygen atoms in total. The van der Waals surface area contributed by atoms with Crippen LogP contribution in [0, 0.1) is 0 Å². The number of hydrogen-bond donors (Lipinski definition) is 2. The lowest BCUT2D eigenvalue weighted by molar-refractivity contribution is -0.153. The molecule has 0 radical (unpaired) electrons. The minimum absolute atomic E-state index is 0.0355. The van der Waals surface area contributed by atoms with Gasteiger partial charge in [-0.1, -0.05) is 73.1 Å². The highest BCUT2D eigenvalue weighted by Gasteiger charge is 2.41. The Labute approximate surface area is 219 Å². The number of carbonyl (C=O) groups is 1. The van der Waals surface area contributed by atoms with Crippen LogP contribution in [0.1, 0.15) is 12.5 Å². The average Bonchev–Trinajstić information content (AvgIpc) is 2.83. The van der Waals surface area contributed by atoms with E-state index in [-0.39, 0.29) is 15.9 Å². The predicted octanol–water partition coefficient (Wildman–Crippen LogP) is 5.65. The van der Waals surface area contributed by atoms with Crippen molar-refractivity contribution in [1.82, 2.24) is 0 Å². The van der Waals surface area contributed by atoms with Gasteiger partial charge < -0.3 is 10.2 Å². The third-order valence-electron chi connectivity index (χ3n) is 5.29. The van der Waals surface area contributed by atoms with Gasteiger partial charge in [0.25, 0.3) is 0 Å². The van der Waals surface area contributed by atoms with Crippen molar-refractivity contribution in [3.05, 3.63) is 89.4 Å². The van der Waals surface area contributed by atoms with Crippen molar-refractivity contribution in [2.45, 2.75) is 28.4 Å². The van der Waals surface area contributed by atoms with E-state index in [9.17, 15) is 23.4 Å². The van der Waals surface area contributed by atoms with Crippen molar-refractivity contribution in [3.63, 3.8) is 0 Å². The molecule has 0 saturated carbocycles. The van der Waals surface area contributed by atoms with Crippen LogP contribution in [0.3, 0.4) is 0 Å². The third kappa shape index (κ3) is 8.02. The number of rotatable bonds is 12. The molecular weight excluding hydrogens is 524 g/mol. The molecule has 0 aliphatic heterocycles. The quantitative estimate of drug-likeness (QED) is 0.301. The Balaban J connectivity index is 1.60. The van der Waals surface area contributed by atoms with E-state index in [0.29, 0.717) is 10.8 Å². The summed E-state index contributed by atoms with van der Waals surface area (Å²) in [5, 5.41) is 21.2. The van der Waals surface area contributed by atoms with Crippen LogP contribution < -0.4 is 0 Å². The van der Waals surface area contributed by atoms with E-state index in [1.165, 1.54) is 29.5 Å². The average molecular weight is 551 g/mol. The van der Waals surface area contributed by atoms with Crippen LogP contribution in [0.5, 0.6) is 0 Å². The van der Waals surface area contributed by atoms with Crippen LogP contribution >= 0.6 is 35.1 Å². The van der Waals surface area contributed by atoms with E-state index < -0.39 is 27.2 Å². The van der Waals surface area contributed by atoms with Crippen LogP contribution in [0.15, 0.2) is 83.8 Å². The number of thioether (sulfide) groups is 2. The first-order valence-electron chi connectivity index (χ1n) is 10.9. The van der Waals surface area contributed by atoms with E-state index in [1.807, 2.05) is 49.4 Å². The van der Waals surface area contributed by atoms with E-state index in [0.717, 1.165) is 16.9 Å². The van der Waals surface area contributed by atoms with Gasteiger partial charge in [-0.05, 0) is 41.0 Å². The molecule has 2 atom stereocenters. The molecule has 0 heterocycles. The summed E-state index contributed by atoms with van der Waals surface area (Å²) in [6.07, 6.45) is 0. The fourth-order valence-electron chi connectivity index (χ4n) is 3.31. The largest absolute Gasteiger partial charge is 0.479 e. The van der Waals surface area contributed by atoms with Gasteiger partial charge >= 0.3 is 5.97 Å². The summed E-state index contributed by atoms with van der Waals surface area (Å²) in [4.78, 5) is 11.8. The van der Waals surface area contributed by atoms with Gasteiger partial charge in [0.05, 0.1) is 10.6 Å². The van der Waals surface area contributed by atoms with E-state index in [1.54, 1.807) is 36.0 Å². The van der Waals surface area contributed by atoms with Crippen LogP contribution in [-0.4, -0.2) is 52.7 Å². The zero-order chi connectivity index (χ0) is 25.5. The summed E-state index contributed by atoms with van der Waals surface area (Å²) in [7, 11) is -4.04. The van der Waals surface area contributed by atoms with Gasteiger partial charge in [-0.15, -0.1) is 0 Å². The number of benzene rings is 3. The second-order valence-electron chi connectivity index (χ2n) is 8.25. The molecule has 186 valence electrons. The lowest BCUT2D eigenvalue weighted by Gasteiger charge is -2.23. The molecular formula is C26H27ClO5S3. The van der Waals surface area contributed by atoms with Crippen LogP contribution in [0.4, 0.5) is 0 Å². The summed E-state index contributed by atoms with van der Waals surface area (Å²) in [6.45, 7) is 2.03. The lowest BCUT2D eigenvalue weighted by Crippen LogP contribution is -2.47. The van der Waals surface area contributed by atoms with Gasteiger partial charge in [0.1, 0.15) is 0 Å².